The van der Waals surface area contributed by atoms with Gasteiger partial charge in [0, 0.05) is 29.7 Å². The average molecular weight is 418 g/mol. The second-order valence-electron chi connectivity index (χ2n) is 6.85. The van der Waals surface area contributed by atoms with Gasteiger partial charge in [0.2, 0.25) is 0 Å². The molecule has 0 radical (unpaired) electrons. The summed E-state index contributed by atoms with van der Waals surface area (Å²) in [5, 5.41) is 13.3. The number of aliphatic hydroxyl groups is 1. The maximum atomic E-state index is 12.6. The lowest BCUT2D eigenvalue weighted by Crippen LogP contribution is -2.29. The molecular weight excluding hydrogens is 401 g/mol. The van der Waals surface area contributed by atoms with Gasteiger partial charge in [-0.05, 0) is 48.9 Å². The Morgan fingerprint density at radius 3 is 2.60 bits per heavy atom. The minimum absolute atomic E-state index is 0.179. The van der Waals surface area contributed by atoms with Crippen molar-refractivity contribution in [2.75, 3.05) is 18.4 Å². The van der Waals surface area contributed by atoms with E-state index in [2.05, 4.69) is 20.0 Å². The van der Waals surface area contributed by atoms with E-state index in [1.165, 1.54) is 30.6 Å². The number of fused-ring (bicyclic) bond motifs is 1. The van der Waals surface area contributed by atoms with Crippen LogP contribution in [0.25, 0.3) is 10.9 Å². The summed E-state index contributed by atoms with van der Waals surface area (Å²) in [4.78, 5) is 22.6. The highest BCUT2D eigenvalue weighted by Gasteiger charge is 2.31. The Morgan fingerprint density at radius 1 is 1.17 bits per heavy atom. The Kier molecular flexibility index (Phi) is 5.17. The smallest absolute Gasteiger partial charge is 0.406 e. The Bertz CT molecular complexity index is 1070. The maximum absolute atomic E-state index is 12.6. The largest absolute Gasteiger partial charge is 0.573 e. The standard InChI is InChI=1S/C20H17F3N4O3/c21-20(22,23)30-15-4-2-13(3-5-15)26-18-16-6-1-12(9-17(16)24-11-25-18)19(29)27-8-7-14(28)10-27/h1-6,9,11,14,28H,7-8,10H2,(H,24,25,26). The number of aromatic nitrogens is 2. The van der Waals surface area contributed by atoms with Crippen LogP contribution in [0.5, 0.6) is 5.75 Å². The van der Waals surface area contributed by atoms with Crippen LogP contribution in [0.2, 0.25) is 0 Å². The number of amides is 1. The molecule has 0 saturated carbocycles. The van der Waals surface area contributed by atoms with Crippen LogP contribution in [-0.4, -0.2) is 51.4 Å². The van der Waals surface area contributed by atoms with Crippen molar-refractivity contribution < 1.29 is 27.8 Å². The van der Waals surface area contributed by atoms with Crippen molar-refractivity contribution in [1.29, 1.82) is 0 Å². The predicted molar refractivity (Wildman–Crippen MR) is 102 cm³/mol. The Balaban J connectivity index is 1.54. The minimum atomic E-state index is -4.75. The first-order valence-electron chi connectivity index (χ1n) is 9.13. The fourth-order valence-electron chi connectivity index (χ4n) is 3.28. The summed E-state index contributed by atoms with van der Waals surface area (Å²) < 4.78 is 40.7. The predicted octanol–water partition coefficient (Wildman–Crippen LogP) is 3.48. The van der Waals surface area contributed by atoms with Crippen LogP contribution in [-0.2, 0) is 0 Å². The molecule has 1 saturated heterocycles. The van der Waals surface area contributed by atoms with Crippen LogP contribution in [0.1, 0.15) is 16.8 Å². The first kappa shape index (κ1) is 19.9. The molecule has 1 aliphatic rings. The second kappa shape index (κ2) is 7.79. The number of aliphatic hydroxyl groups excluding tert-OH is 1. The number of β-amino-alcohol motifs (C(OH)–C–C–N with tert-alkyl or cyclic N) is 1. The fourth-order valence-corrected chi connectivity index (χ4v) is 3.28. The molecule has 1 fully saturated rings. The third kappa shape index (κ3) is 4.43. The number of hydrogen-bond acceptors (Lipinski definition) is 6. The molecule has 30 heavy (non-hydrogen) atoms. The van der Waals surface area contributed by atoms with Crippen LogP contribution >= 0.6 is 0 Å². The third-order valence-electron chi connectivity index (χ3n) is 4.68. The minimum Gasteiger partial charge on any atom is -0.406 e. The number of ether oxygens (including phenoxy) is 1. The summed E-state index contributed by atoms with van der Waals surface area (Å²) in [6, 6.07) is 10.3. The van der Waals surface area contributed by atoms with E-state index < -0.39 is 12.5 Å². The molecule has 1 amide bonds. The van der Waals surface area contributed by atoms with Crippen molar-refractivity contribution in [3.63, 3.8) is 0 Å². The first-order chi connectivity index (χ1) is 14.3. The van der Waals surface area contributed by atoms with Crippen LogP contribution in [0.3, 0.4) is 0 Å². The number of likely N-dealkylation sites (tertiary alicyclic amines) is 1. The van der Waals surface area contributed by atoms with Gasteiger partial charge in [0.1, 0.15) is 17.9 Å². The summed E-state index contributed by atoms with van der Waals surface area (Å²) in [6.07, 6.45) is -3.36. The average Bonchev–Trinajstić information content (AvgIpc) is 3.14. The highest BCUT2D eigenvalue weighted by atomic mass is 19.4. The van der Waals surface area contributed by atoms with E-state index >= 15 is 0 Å². The van der Waals surface area contributed by atoms with E-state index in [1.807, 2.05) is 0 Å². The maximum Gasteiger partial charge on any atom is 0.573 e. The summed E-state index contributed by atoms with van der Waals surface area (Å²) in [5.74, 6) is -0.0577. The molecule has 0 bridgehead atoms. The molecule has 10 heteroatoms. The second-order valence-corrected chi connectivity index (χ2v) is 6.85. The van der Waals surface area contributed by atoms with Crippen LogP contribution in [0.15, 0.2) is 48.8 Å². The van der Waals surface area contributed by atoms with Gasteiger partial charge in [0.25, 0.3) is 5.91 Å². The Hall–Kier alpha value is -3.40. The number of halogens is 3. The fraction of sp³-hybridized carbons (Fsp3) is 0.250. The topological polar surface area (TPSA) is 87.6 Å². The van der Waals surface area contributed by atoms with Crippen LogP contribution in [0, 0.1) is 0 Å². The number of rotatable bonds is 4. The summed E-state index contributed by atoms with van der Waals surface area (Å²) in [7, 11) is 0. The third-order valence-corrected chi connectivity index (χ3v) is 4.68. The number of benzene rings is 2. The normalized spacial score (nSPS) is 16.7. The lowest BCUT2D eigenvalue weighted by molar-refractivity contribution is -0.274. The van der Waals surface area contributed by atoms with E-state index in [1.54, 1.807) is 23.1 Å². The van der Waals surface area contributed by atoms with Gasteiger partial charge in [0.05, 0.1) is 11.6 Å². The van der Waals surface area contributed by atoms with Gasteiger partial charge in [-0.15, -0.1) is 13.2 Å². The molecule has 2 aromatic carbocycles. The van der Waals surface area contributed by atoms with Gasteiger partial charge < -0.3 is 20.1 Å². The first-order valence-corrected chi connectivity index (χ1v) is 9.13. The number of anilines is 2. The monoisotopic (exact) mass is 418 g/mol. The van der Waals surface area contributed by atoms with Crippen molar-refractivity contribution in [1.82, 2.24) is 14.9 Å². The van der Waals surface area contributed by atoms with Crippen molar-refractivity contribution in [2.24, 2.45) is 0 Å². The lowest BCUT2D eigenvalue weighted by atomic mass is 10.1. The van der Waals surface area contributed by atoms with Crippen molar-refractivity contribution in [3.8, 4) is 5.75 Å². The number of carbonyl (C=O) groups is 1. The SMILES string of the molecule is O=C(c1ccc2c(Nc3ccc(OC(F)(F)F)cc3)ncnc2c1)N1CCC(O)C1. The molecule has 0 aliphatic carbocycles. The van der Waals surface area contributed by atoms with Gasteiger partial charge in [-0.1, -0.05) is 0 Å². The number of nitrogens with one attached hydrogen (secondary N) is 1. The van der Waals surface area contributed by atoms with Gasteiger partial charge >= 0.3 is 6.36 Å². The quantitative estimate of drug-likeness (QED) is 0.675. The van der Waals surface area contributed by atoms with E-state index in [9.17, 15) is 23.1 Å². The lowest BCUT2D eigenvalue weighted by Gasteiger charge is -2.16. The zero-order chi connectivity index (χ0) is 21.3. The molecule has 1 atom stereocenters. The molecule has 0 spiro atoms. The van der Waals surface area contributed by atoms with E-state index in [0.717, 1.165) is 0 Å². The number of hydrogen-bond donors (Lipinski definition) is 2. The van der Waals surface area contributed by atoms with Crippen molar-refractivity contribution in [2.45, 2.75) is 18.9 Å². The van der Waals surface area contributed by atoms with Crippen molar-refractivity contribution in [3.05, 3.63) is 54.4 Å². The molecule has 3 aromatic rings. The van der Waals surface area contributed by atoms with Gasteiger partial charge in [-0.2, -0.15) is 0 Å². The summed E-state index contributed by atoms with van der Waals surface area (Å²) in [6.45, 7) is 0.810. The molecule has 2 N–H and O–H groups in total. The highest BCUT2D eigenvalue weighted by molar-refractivity contribution is 6.00. The zero-order valence-corrected chi connectivity index (χ0v) is 15.6. The molecular formula is C20H17F3N4O3. The van der Waals surface area contributed by atoms with E-state index in [0.29, 0.717) is 47.5 Å². The van der Waals surface area contributed by atoms with Crippen molar-refractivity contribution >= 4 is 28.3 Å². The number of alkyl halides is 3. The summed E-state index contributed by atoms with van der Waals surface area (Å²) >= 11 is 0. The molecule has 1 unspecified atom stereocenters. The Morgan fingerprint density at radius 2 is 1.93 bits per heavy atom. The molecule has 156 valence electrons. The zero-order valence-electron chi connectivity index (χ0n) is 15.6. The molecule has 7 nitrogen and oxygen atoms in total. The molecule has 4 rings (SSSR count). The van der Waals surface area contributed by atoms with Gasteiger partial charge in [-0.3, -0.25) is 4.79 Å². The summed E-state index contributed by atoms with van der Waals surface area (Å²) in [5.41, 5.74) is 1.50. The molecule has 1 aliphatic heterocycles. The van der Waals surface area contributed by atoms with E-state index in [-0.39, 0.29) is 11.7 Å². The van der Waals surface area contributed by atoms with E-state index in [4.69, 9.17) is 0 Å². The van der Waals surface area contributed by atoms with Crippen LogP contribution in [0.4, 0.5) is 24.7 Å². The Labute approximate surface area is 169 Å². The van der Waals surface area contributed by atoms with Gasteiger partial charge in [0.15, 0.2) is 0 Å². The van der Waals surface area contributed by atoms with Crippen LogP contribution < -0.4 is 10.1 Å². The van der Waals surface area contributed by atoms with Gasteiger partial charge in [-0.25, -0.2) is 9.97 Å². The number of carbonyl (C=O) groups excluding carboxylic acids is 1. The molecule has 2 heterocycles. The highest BCUT2D eigenvalue weighted by Crippen LogP contribution is 2.27. The molecule has 1 aromatic heterocycles. The number of nitrogens with zero attached hydrogens (tertiary/aromatic N) is 3.